The third kappa shape index (κ3) is 4.64. The predicted octanol–water partition coefficient (Wildman–Crippen LogP) is 3.09. The zero-order valence-electron chi connectivity index (χ0n) is 11.9. The smallest absolute Gasteiger partial charge is 0.338 e. The number of benzene rings is 1. The summed E-state index contributed by atoms with van der Waals surface area (Å²) in [6, 6.07) is 6.42. The van der Waals surface area contributed by atoms with E-state index in [1.807, 2.05) is 0 Å². The molecule has 0 aliphatic rings. The van der Waals surface area contributed by atoms with Crippen LogP contribution in [-0.4, -0.2) is 28.4 Å². The topological polar surface area (TPSA) is 111 Å². The molecule has 0 bridgehead atoms. The van der Waals surface area contributed by atoms with E-state index >= 15 is 0 Å². The molecule has 8 nitrogen and oxygen atoms in total. The lowest BCUT2D eigenvalue weighted by atomic mass is 10.2. The lowest BCUT2D eigenvalue weighted by Gasteiger charge is -2.07. The number of pyridine rings is 1. The highest BCUT2D eigenvalue weighted by molar-refractivity contribution is 6.31. The van der Waals surface area contributed by atoms with Gasteiger partial charge in [-0.05, 0) is 24.3 Å². The lowest BCUT2D eigenvalue weighted by molar-refractivity contribution is -0.383. The standard InChI is InChI=1S/C14H9Cl2N3O5/c15-9-1-2-10(11(6-9)19(22)23)18-13(20)7-24-14(21)8-3-4-17-12(16)5-8/h1-6H,7H2,(H,18,20). The van der Waals surface area contributed by atoms with E-state index in [1.165, 1.54) is 30.5 Å². The summed E-state index contributed by atoms with van der Waals surface area (Å²) in [4.78, 5) is 37.5. The van der Waals surface area contributed by atoms with Crippen LogP contribution in [0.25, 0.3) is 0 Å². The Hall–Kier alpha value is -2.71. The summed E-state index contributed by atoms with van der Waals surface area (Å²) < 4.78 is 4.81. The number of nitrogens with one attached hydrogen (secondary N) is 1. The zero-order valence-corrected chi connectivity index (χ0v) is 13.4. The number of carbonyl (C=O) groups excluding carboxylic acids is 2. The summed E-state index contributed by atoms with van der Waals surface area (Å²) in [7, 11) is 0. The van der Waals surface area contributed by atoms with E-state index in [1.54, 1.807) is 0 Å². The highest BCUT2D eigenvalue weighted by atomic mass is 35.5. The number of anilines is 1. The van der Waals surface area contributed by atoms with Crippen LogP contribution in [0.2, 0.25) is 10.2 Å². The van der Waals surface area contributed by atoms with Crippen LogP contribution < -0.4 is 5.32 Å². The molecule has 1 aromatic heterocycles. The summed E-state index contributed by atoms with van der Waals surface area (Å²) in [6.07, 6.45) is 1.32. The maximum atomic E-state index is 11.8. The summed E-state index contributed by atoms with van der Waals surface area (Å²) in [5.74, 6) is -1.52. The Morgan fingerprint density at radius 3 is 2.67 bits per heavy atom. The first-order valence-corrected chi connectivity index (χ1v) is 7.15. The number of aromatic nitrogens is 1. The van der Waals surface area contributed by atoms with E-state index in [4.69, 9.17) is 27.9 Å². The molecule has 1 N–H and O–H groups in total. The Morgan fingerprint density at radius 2 is 2.00 bits per heavy atom. The number of hydrogen-bond donors (Lipinski definition) is 1. The molecule has 0 atom stereocenters. The zero-order chi connectivity index (χ0) is 17.7. The minimum atomic E-state index is -0.778. The second-order valence-electron chi connectivity index (χ2n) is 4.41. The first-order chi connectivity index (χ1) is 11.4. The van der Waals surface area contributed by atoms with E-state index in [-0.39, 0.29) is 27.1 Å². The first-order valence-electron chi connectivity index (χ1n) is 6.39. The second-order valence-corrected chi connectivity index (χ2v) is 5.23. The van der Waals surface area contributed by atoms with Crippen molar-refractivity contribution in [3.8, 4) is 0 Å². The van der Waals surface area contributed by atoms with Crippen molar-refractivity contribution in [2.45, 2.75) is 0 Å². The van der Waals surface area contributed by atoms with Crippen LogP contribution in [0.1, 0.15) is 10.4 Å². The summed E-state index contributed by atoms with van der Waals surface area (Å²) in [6.45, 7) is -0.626. The van der Waals surface area contributed by atoms with Crippen molar-refractivity contribution in [1.82, 2.24) is 4.98 Å². The number of ether oxygens (including phenoxy) is 1. The third-order valence-corrected chi connectivity index (χ3v) is 3.17. The van der Waals surface area contributed by atoms with Crippen LogP contribution >= 0.6 is 23.2 Å². The third-order valence-electron chi connectivity index (χ3n) is 2.73. The predicted molar refractivity (Wildman–Crippen MR) is 86.3 cm³/mol. The largest absolute Gasteiger partial charge is 0.452 e. The number of nitrogens with zero attached hydrogens (tertiary/aromatic N) is 2. The first kappa shape index (κ1) is 17.6. The van der Waals surface area contributed by atoms with Crippen molar-refractivity contribution < 1.29 is 19.2 Å². The minimum Gasteiger partial charge on any atom is -0.452 e. The Bertz CT molecular complexity index is 813. The monoisotopic (exact) mass is 369 g/mol. The number of carbonyl (C=O) groups is 2. The number of amides is 1. The molecule has 0 aliphatic carbocycles. The molecule has 0 unspecified atom stereocenters. The van der Waals surface area contributed by atoms with E-state index < -0.39 is 23.4 Å². The lowest BCUT2D eigenvalue weighted by Crippen LogP contribution is -2.21. The van der Waals surface area contributed by atoms with Gasteiger partial charge in [0, 0.05) is 17.3 Å². The molecular formula is C14H9Cl2N3O5. The van der Waals surface area contributed by atoms with Gasteiger partial charge in [-0.1, -0.05) is 23.2 Å². The molecule has 124 valence electrons. The fourth-order valence-corrected chi connectivity index (χ4v) is 2.03. The van der Waals surface area contributed by atoms with Gasteiger partial charge >= 0.3 is 5.97 Å². The van der Waals surface area contributed by atoms with Gasteiger partial charge in [-0.3, -0.25) is 14.9 Å². The molecule has 2 rings (SSSR count). The molecule has 0 aliphatic heterocycles. The summed E-state index contributed by atoms with van der Waals surface area (Å²) >= 11 is 11.3. The van der Waals surface area contributed by atoms with Gasteiger partial charge in [-0.15, -0.1) is 0 Å². The number of esters is 1. The van der Waals surface area contributed by atoms with Crippen molar-refractivity contribution in [2.24, 2.45) is 0 Å². The molecule has 2 aromatic rings. The average molecular weight is 370 g/mol. The molecule has 1 amide bonds. The van der Waals surface area contributed by atoms with E-state index in [2.05, 4.69) is 10.3 Å². The number of halogens is 2. The normalized spacial score (nSPS) is 10.1. The van der Waals surface area contributed by atoms with E-state index in [0.29, 0.717) is 0 Å². The van der Waals surface area contributed by atoms with Crippen LogP contribution in [0.4, 0.5) is 11.4 Å². The van der Waals surface area contributed by atoms with E-state index in [9.17, 15) is 19.7 Å². The Balaban J connectivity index is 1.99. The van der Waals surface area contributed by atoms with Crippen LogP contribution in [0, 0.1) is 10.1 Å². The second kappa shape index (κ2) is 7.71. The van der Waals surface area contributed by atoms with Gasteiger partial charge in [0.15, 0.2) is 6.61 Å². The Labute approximate surface area is 145 Å². The Kier molecular flexibility index (Phi) is 5.67. The van der Waals surface area contributed by atoms with Crippen molar-refractivity contribution in [3.05, 3.63) is 62.4 Å². The summed E-state index contributed by atoms with van der Waals surface area (Å²) in [5, 5.41) is 13.5. The van der Waals surface area contributed by atoms with Crippen LogP contribution in [0.5, 0.6) is 0 Å². The minimum absolute atomic E-state index is 0.0580. The van der Waals surface area contributed by atoms with Gasteiger partial charge in [0.25, 0.3) is 11.6 Å². The fraction of sp³-hybridized carbons (Fsp3) is 0.0714. The molecule has 0 spiro atoms. The maximum Gasteiger partial charge on any atom is 0.338 e. The molecule has 0 saturated heterocycles. The van der Waals surface area contributed by atoms with Gasteiger partial charge < -0.3 is 10.1 Å². The van der Waals surface area contributed by atoms with E-state index in [0.717, 1.165) is 6.07 Å². The highest BCUT2D eigenvalue weighted by Gasteiger charge is 2.17. The van der Waals surface area contributed by atoms with Crippen molar-refractivity contribution in [3.63, 3.8) is 0 Å². The molecule has 1 aromatic carbocycles. The van der Waals surface area contributed by atoms with Gasteiger partial charge in [0.05, 0.1) is 10.5 Å². The van der Waals surface area contributed by atoms with Crippen molar-refractivity contribution in [1.29, 1.82) is 0 Å². The van der Waals surface area contributed by atoms with Crippen molar-refractivity contribution in [2.75, 3.05) is 11.9 Å². The molecular weight excluding hydrogens is 361 g/mol. The molecule has 0 fully saturated rings. The number of hydrogen-bond acceptors (Lipinski definition) is 6. The van der Waals surface area contributed by atoms with Crippen LogP contribution in [-0.2, 0) is 9.53 Å². The van der Waals surface area contributed by atoms with Gasteiger partial charge in [-0.2, -0.15) is 0 Å². The van der Waals surface area contributed by atoms with Crippen molar-refractivity contribution >= 4 is 46.5 Å². The quantitative estimate of drug-likeness (QED) is 0.375. The number of nitro benzene ring substituents is 1. The van der Waals surface area contributed by atoms with Crippen LogP contribution in [0.15, 0.2) is 36.5 Å². The highest BCUT2D eigenvalue weighted by Crippen LogP contribution is 2.27. The molecule has 10 heteroatoms. The van der Waals surface area contributed by atoms with Gasteiger partial charge in [0.1, 0.15) is 10.8 Å². The Morgan fingerprint density at radius 1 is 1.25 bits per heavy atom. The van der Waals surface area contributed by atoms with Gasteiger partial charge in [-0.25, -0.2) is 9.78 Å². The molecule has 24 heavy (non-hydrogen) atoms. The maximum absolute atomic E-state index is 11.8. The SMILES string of the molecule is O=C(COC(=O)c1ccnc(Cl)c1)Nc1ccc(Cl)cc1[N+](=O)[O-]. The number of rotatable bonds is 5. The average Bonchev–Trinajstić information content (AvgIpc) is 2.54. The number of nitro groups is 1. The van der Waals surface area contributed by atoms with Gasteiger partial charge in [0.2, 0.25) is 0 Å². The molecule has 1 heterocycles. The summed E-state index contributed by atoms with van der Waals surface area (Å²) in [5.41, 5.74) is -0.305. The molecule has 0 saturated carbocycles. The fourth-order valence-electron chi connectivity index (χ4n) is 1.69. The molecule has 0 radical (unpaired) electrons. The van der Waals surface area contributed by atoms with Crippen LogP contribution in [0.3, 0.4) is 0 Å².